The van der Waals surface area contributed by atoms with Gasteiger partial charge in [-0.05, 0) is 42.8 Å². The maximum absolute atomic E-state index is 12.4. The molecular formula is C19H16Cl2N2O3. The van der Waals surface area contributed by atoms with Crippen molar-refractivity contribution in [1.29, 1.82) is 5.26 Å². The fraction of sp³-hybridized carbons (Fsp3) is 0.158. The molecule has 2 aromatic rings. The van der Waals surface area contributed by atoms with Gasteiger partial charge in [-0.25, -0.2) is 0 Å². The predicted molar refractivity (Wildman–Crippen MR) is 103 cm³/mol. The third-order valence-electron chi connectivity index (χ3n) is 3.33. The van der Waals surface area contributed by atoms with Gasteiger partial charge in [0.25, 0.3) is 5.91 Å². The topological polar surface area (TPSA) is 71.3 Å². The Hall–Kier alpha value is -2.68. The molecule has 0 aromatic heterocycles. The number of nitrogens with one attached hydrogen (secondary N) is 1. The van der Waals surface area contributed by atoms with Gasteiger partial charge in [0.2, 0.25) is 0 Å². The van der Waals surface area contributed by atoms with Crippen LogP contribution in [0.25, 0.3) is 6.08 Å². The third-order valence-corrected chi connectivity index (χ3v) is 3.89. The lowest BCUT2D eigenvalue weighted by atomic mass is 10.1. The molecule has 0 aliphatic carbocycles. The van der Waals surface area contributed by atoms with Gasteiger partial charge in [0.05, 0.1) is 18.7 Å². The summed E-state index contributed by atoms with van der Waals surface area (Å²) in [6.07, 6.45) is 1.39. The number of anilines is 1. The van der Waals surface area contributed by atoms with Crippen LogP contribution in [-0.4, -0.2) is 19.6 Å². The van der Waals surface area contributed by atoms with Crippen molar-refractivity contribution in [3.8, 4) is 17.6 Å². The normalized spacial score (nSPS) is 10.8. The lowest BCUT2D eigenvalue weighted by molar-refractivity contribution is -0.112. The molecule has 26 heavy (non-hydrogen) atoms. The first-order chi connectivity index (χ1) is 12.5. The highest BCUT2D eigenvalue weighted by Crippen LogP contribution is 2.34. The Kier molecular flexibility index (Phi) is 6.90. The second-order valence-corrected chi connectivity index (χ2v) is 5.94. The van der Waals surface area contributed by atoms with Crippen LogP contribution in [0.1, 0.15) is 12.5 Å². The van der Waals surface area contributed by atoms with E-state index in [0.717, 1.165) is 0 Å². The van der Waals surface area contributed by atoms with E-state index in [1.165, 1.54) is 13.2 Å². The van der Waals surface area contributed by atoms with Crippen molar-refractivity contribution in [3.63, 3.8) is 0 Å². The van der Waals surface area contributed by atoms with Crippen LogP contribution in [0, 0.1) is 11.3 Å². The largest absolute Gasteiger partial charge is 0.493 e. The Bertz CT molecular complexity index is 889. The molecule has 134 valence electrons. The van der Waals surface area contributed by atoms with Crippen molar-refractivity contribution >= 4 is 40.9 Å². The first-order valence-corrected chi connectivity index (χ1v) is 8.43. The zero-order valence-corrected chi connectivity index (χ0v) is 15.7. The van der Waals surface area contributed by atoms with Crippen molar-refractivity contribution in [2.75, 3.05) is 19.0 Å². The molecule has 0 spiro atoms. The molecule has 1 N–H and O–H groups in total. The van der Waals surface area contributed by atoms with E-state index in [1.807, 2.05) is 13.0 Å². The molecular weight excluding hydrogens is 375 g/mol. The van der Waals surface area contributed by atoms with Gasteiger partial charge >= 0.3 is 0 Å². The minimum atomic E-state index is -0.571. The number of carbonyl (C=O) groups is 1. The maximum atomic E-state index is 12.4. The number of ether oxygens (including phenoxy) is 2. The van der Waals surface area contributed by atoms with Crippen molar-refractivity contribution in [2.24, 2.45) is 0 Å². The van der Waals surface area contributed by atoms with Crippen LogP contribution in [0.5, 0.6) is 11.5 Å². The molecule has 0 saturated carbocycles. The summed E-state index contributed by atoms with van der Waals surface area (Å²) in [4.78, 5) is 12.4. The van der Waals surface area contributed by atoms with E-state index in [2.05, 4.69) is 5.32 Å². The minimum Gasteiger partial charge on any atom is -0.493 e. The van der Waals surface area contributed by atoms with Crippen LogP contribution in [0.2, 0.25) is 10.0 Å². The van der Waals surface area contributed by atoms with Gasteiger partial charge < -0.3 is 14.8 Å². The Morgan fingerprint density at radius 2 is 2.04 bits per heavy atom. The van der Waals surface area contributed by atoms with Gasteiger partial charge in [0.1, 0.15) is 11.6 Å². The molecule has 1 amide bonds. The number of hydrogen-bond acceptors (Lipinski definition) is 4. The lowest BCUT2D eigenvalue weighted by Gasteiger charge is -2.11. The molecule has 0 fully saturated rings. The molecule has 2 aromatic carbocycles. The van der Waals surface area contributed by atoms with E-state index in [1.54, 1.807) is 36.4 Å². The molecule has 7 heteroatoms. The second kappa shape index (κ2) is 9.14. The Balaban J connectivity index is 2.33. The average Bonchev–Trinajstić information content (AvgIpc) is 2.61. The molecule has 0 aliphatic heterocycles. The summed E-state index contributed by atoms with van der Waals surface area (Å²) in [7, 11) is 1.50. The van der Waals surface area contributed by atoms with Crippen LogP contribution in [0.3, 0.4) is 0 Å². The summed E-state index contributed by atoms with van der Waals surface area (Å²) in [5.41, 5.74) is 0.835. The van der Waals surface area contributed by atoms with Crippen molar-refractivity contribution in [2.45, 2.75) is 6.92 Å². The van der Waals surface area contributed by atoms with E-state index >= 15 is 0 Å². The number of nitrogens with zero attached hydrogens (tertiary/aromatic N) is 1. The molecule has 0 unspecified atom stereocenters. The van der Waals surface area contributed by atoms with Crippen molar-refractivity contribution in [3.05, 3.63) is 57.6 Å². The smallest absolute Gasteiger partial charge is 0.266 e. The van der Waals surface area contributed by atoms with E-state index in [9.17, 15) is 10.1 Å². The van der Waals surface area contributed by atoms with Gasteiger partial charge in [-0.3, -0.25) is 4.79 Å². The highest BCUT2D eigenvalue weighted by molar-refractivity contribution is 6.32. The summed E-state index contributed by atoms with van der Waals surface area (Å²) in [5.74, 6) is 0.368. The van der Waals surface area contributed by atoms with Crippen molar-refractivity contribution in [1.82, 2.24) is 0 Å². The van der Waals surface area contributed by atoms with Gasteiger partial charge in [-0.2, -0.15) is 5.26 Å². The molecule has 0 atom stereocenters. The average molecular weight is 391 g/mol. The van der Waals surface area contributed by atoms with Gasteiger partial charge in [-0.15, -0.1) is 0 Å². The fourth-order valence-electron chi connectivity index (χ4n) is 2.16. The summed E-state index contributed by atoms with van der Waals surface area (Å²) < 4.78 is 10.7. The number of benzene rings is 2. The molecule has 0 bridgehead atoms. The number of hydrogen-bond donors (Lipinski definition) is 1. The van der Waals surface area contributed by atoms with Crippen LogP contribution in [0.15, 0.2) is 42.0 Å². The van der Waals surface area contributed by atoms with Gasteiger partial charge in [-0.1, -0.05) is 29.3 Å². The summed E-state index contributed by atoms with van der Waals surface area (Å²) in [6.45, 7) is 2.29. The minimum absolute atomic E-state index is 0.113. The summed E-state index contributed by atoms with van der Waals surface area (Å²) >= 11 is 12.1. The Morgan fingerprint density at radius 1 is 1.27 bits per heavy atom. The molecule has 0 aliphatic rings. The van der Waals surface area contributed by atoms with Crippen LogP contribution < -0.4 is 14.8 Å². The zero-order chi connectivity index (χ0) is 19.1. The van der Waals surface area contributed by atoms with Crippen LogP contribution >= 0.6 is 23.2 Å². The van der Waals surface area contributed by atoms with Crippen molar-refractivity contribution < 1.29 is 14.3 Å². The third kappa shape index (κ3) is 4.92. The van der Waals surface area contributed by atoms with Gasteiger partial charge in [0, 0.05) is 16.8 Å². The number of carbonyl (C=O) groups excluding carboxylic acids is 1. The van der Waals surface area contributed by atoms with E-state index in [-0.39, 0.29) is 5.57 Å². The number of amides is 1. The lowest BCUT2D eigenvalue weighted by Crippen LogP contribution is -2.13. The highest BCUT2D eigenvalue weighted by atomic mass is 35.5. The number of methoxy groups -OCH3 is 1. The van der Waals surface area contributed by atoms with Crippen LogP contribution in [0.4, 0.5) is 5.69 Å². The highest BCUT2D eigenvalue weighted by Gasteiger charge is 2.14. The SMILES string of the molecule is CCOc1cc(Cl)c(/C=C(\C#N)C(=O)Nc2cccc(Cl)c2)cc1OC. The molecule has 0 heterocycles. The fourth-order valence-corrected chi connectivity index (χ4v) is 2.56. The summed E-state index contributed by atoms with van der Waals surface area (Å²) in [5, 5.41) is 12.8. The molecule has 0 saturated heterocycles. The monoisotopic (exact) mass is 390 g/mol. The molecule has 5 nitrogen and oxygen atoms in total. The molecule has 2 rings (SSSR count). The van der Waals surface area contributed by atoms with E-state index < -0.39 is 5.91 Å². The quantitative estimate of drug-likeness (QED) is 0.559. The predicted octanol–water partition coefficient (Wildman–Crippen LogP) is 4.95. The van der Waals surface area contributed by atoms with Crippen LogP contribution in [-0.2, 0) is 4.79 Å². The Morgan fingerprint density at radius 3 is 2.65 bits per heavy atom. The Labute approximate surface area is 161 Å². The summed E-state index contributed by atoms with van der Waals surface area (Å²) in [6, 6.07) is 11.7. The number of rotatable bonds is 6. The standard InChI is InChI=1S/C19H16Cl2N2O3/c1-3-26-18-10-16(21)12(8-17(18)25-2)7-13(11-22)19(24)23-15-6-4-5-14(20)9-15/h4-10H,3H2,1-2H3,(H,23,24)/b13-7+. The molecule has 0 radical (unpaired) electrons. The zero-order valence-electron chi connectivity index (χ0n) is 14.2. The first-order valence-electron chi connectivity index (χ1n) is 7.67. The maximum Gasteiger partial charge on any atom is 0.266 e. The second-order valence-electron chi connectivity index (χ2n) is 5.09. The number of nitriles is 1. The number of halogens is 2. The van der Waals surface area contributed by atoms with E-state index in [0.29, 0.717) is 39.4 Å². The van der Waals surface area contributed by atoms with Gasteiger partial charge in [0.15, 0.2) is 11.5 Å². The first kappa shape index (κ1) is 19.6. The van der Waals surface area contributed by atoms with E-state index in [4.69, 9.17) is 32.7 Å².